The van der Waals surface area contributed by atoms with Crippen molar-refractivity contribution in [2.24, 2.45) is 11.1 Å². The third-order valence-corrected chi connectivity index (χ3v) is 3.54. The summed E-state index contributed by atoms with van der Waals surface area (Å²) in [6.07, 6.45) is 0. The number of nitrogens with two attached hydrogens (primary N) is 1. The van der Waals surface area contributed by atoms with Crippen LogP contribution >= 0.6 is 24.8 Å². The molecule has 0 saturated heterocycles. The number of carbonyl (C=O) groups is 1. The first-order valence-corrected chi connectivity index (χ1v) is 7.08. The number of nitrogens with zero attached hydrogens (tertiary/aromatic N) is 1. The minimum atomic E-state index is -0.576. The van der Waals surface area contributed by atoms with Crippen LogP contribution in [-0.4, -0.2) is 37.5 Å². The van der Waals surface area contributed by atoms with E-state index in [0.29, 0.717) is 6.54 Å². The first-order chi connectivity index (χ1) is 9.62. The van der Waals surface area contributed by atoms with E-state index in [1.54, 1.807) is 6.07 Å². The molecule has 1 amide bonds. The molecule has 0 saturated carbocycles. The molecule has 1 rings (SSSR count). The highest BCUT2D eigenvalue weighted by atomic mass is 35.5. The third kappa shape index (κ3) is 7.48. The molecule has 1 aromatic carbocycles. The van der Waals surface area contributed by atoms with E-state index in [4.69, 9.17) is 5.73 Å². The van der Waals surface area contributed by atoms with Crippen LogP contribution in [0.4, 0.5) is 4.39 Å². The molecule has 0 heterocycles. The molecule has 23 heavy (non-hydrogen) atoms. The number of amides is 1. The van der Waals surface area contributed by atoms with Gasteiger partial charge in [-0.05, 0) is 37.2 Å². The van der Waals surface area contributed by atoms with E-state index in [9.17, 15) is 9.18 Å². The fourth-order valence-corrected chi connectivity index (χ4v) is 2.01. The number of likely N-dealkylation sites (N-methyl/N-ethyl adjacent to an activating group) is 1. The Kier molecular flexibility index (Phi) is 10.7. The molecule has 4 nitrogen and oxygen atoms in total. The van der Waals surface area contributed by atoms with Gasteiger partial charge in [0.05, 0.1) is 12.1 Å². The second-order valence-electron chi connectivity index (χ2n) is 6.62. The van der Waals surface area contributed by atoms with Crippen LogP contribution in [0.15, 0.2) is 24.3 Å². The Balaban J connectivity index is 0. The van der Waals surface area contributed by atoms with Gasteiger partial charge in [-0.2, -0.15) is 0 Å². The number of benzene rings is 1. The van der Waals surface area contributed by atoms with Crippen LogP contribution in [0.2, 0.25) is 0 Å². The fraction of sp³-hybridized carbons (Fsp3) is 0.562. The average molecular weight is 368 g/mol. The van der Waals surface area contributed by atoms with Crippen molar-refractivity contribution in [3.05, 3.63) is 35.6 Å². The van der Waals surface area contributed by atoms with Crippen molar-refractivity contribution in [1.82, 2.24) is 10.2 Å². The Morgan fingerprint density at radius 2 is 1.87 bits per heavy atom. The largest absolute Gasteiger partial charge is 0.353 e. The maximum Gasteiger partial charge on any atom is 0.237 e. The molecular weight excluding hydrogens is 340 g/mol. The van der Waals surface area contributed by atoms with Gasteiger partial charge in [-0.1, -0.05) is 32.9 Å². The van der Waals surface area contributed by atoms with Gasteiger partial charge in [0, 0.05) is 6.54 Å². The number of rotatable bonds is 5. The van der Waals surface area contributed by atoms with Crippen molar-refractivity contribution in [2.75, 3.05) is 20.6 Å². The average Bonchev–Trinajstić information content (AvgIpc) is 2.36. The number of nitrogens with one attached hydrogen (secondary N) is 1. The molecule has 0 bridgehead atoms. The molecule has 0 aliphatic carbocycles. The van der Waals surface area contributed by atoms with Crippen LogP contribution in [0, 0.1) is 11.2 Å². The standard InChI is InChI=1S/C16H26FN3O.2ClH/c1-16(2,3)14(18)15(21)19-10-13(20(4)5)11-7-6-8-12(17)9-11;;/h6-9,13-14H,10,18H2,1-5H3,(H,19,21);2*1H/t13?,14-;;/m1../s1. The van der Waals surface area contributed by atoms with E-state index in [0.717, 1.165) is 5.56 Å². The summed E-state index contributed by atoms with van der Waals surface area (Å²) in [5.74, 6) is -0.470. The second kappa shape index (κ2) is 10.1. The van der Waals surface area contributed by atoms with Gasteiger partial charge in [0.15, 0.2) is 0 Å². The number of hydrogen-bond acceptors (Lipinski definition) is 3. The van der Waals surface area contributed by atoms with E-state index < -0.39 is 6.04 Å². The molecular formula is C16H28Cl2FN3O. The molecule has 0 aliphatic heterocycles. The lowest BCUT2D eigenvalue weighted by Gasteiger charge is -2.29. The molecule has 0 fully saturated rings. The molecule has 1 aromatic rings. The van der Waals surface area contributed by atoms with Gasteiger partial charge in [-0.15, -0.1) is 24.8 Å². The van der Waals surface area contributed by atoms with E-state index in [-0.39, 0.29) is 48.0 Å². The van der Waals surface area contributed by atoms with E-state index in [1.807, 2.05) is 45.8 Å². The lowest BCUT2D eigenvalue weighted by atomic mass is 9.87. The predicted octanol–water partition coefficient (Wildman–Crippen LogP) is 2.76. The molecule has 3 N–H and O–H groups in total. The van der Waals surface area contributed by atoms with Crippen LogP contribution in [0.25, 0.3) is 0 Å². The SMILES string of the molecule is CN(C)C(CNC(=O)[C@@H](N)C(C)(C)C)c1cccc(F)c1.Cl.Cl. The van der Waals surface area contributed by atoms with Gasteiger partial charge < -0.3 is 16.0 Å². The van der Waals surface area contributed by atoms with E-state index >= 15 is 0 Å². The monoisotopic (exact) mass is 367 g/mol. The van der Waals surface area contributed by atoms with Crippen LogP contribution in [0.5, 0.6) is 0 Å². The molecule has 0 aliphatic rings. The Bertz CT molecular complexity index is 492. The first-order valence-electron chi connectivity index (χ1n) is 7.08. The number of hydrogen-bond donors (Lipinski definition) is 2. The van der Waals surface area contributed by atoms with Gasteiger partial charge in [-0.25, -0.2) is 4.39 Å². The Morgan fingerprint density at radius 3 is 2.30 bits per heavy atom. The zero-order valence-corrected chi connectivity index (χ0v) is 15.9. The quantitative estimate of drug-likeness (QED) is 0.840. The maximum atomic E-state index is 13.3. The summed E-state index contributed by atoms with van der Waals surface area (Å²) < 4.78 is 13.3. The van der Waals surface area contributed by atoms with E-state index in [1.165, 1.54) is 12.1 Å². The van der Waals surface area contributed by atoms with Gasteiger partial charge in [-0.3, -0.25) is 4.79 Å². The van der Waals surface area contributed by atoms with E-state index in [2.05, 4.69) is 5.32 Å². The van der Waals surface area contributed by atoms with Crippen molar-refractivity contribution >= 4 is 30.7 Å². The zero-order valence-electron chi connectivity index (χ0n) is 14.3. The van der Waals surface area contributed by atoms with Crippen molar-refractivity contribution in [1.29, 1.82) is 0 Å². The Hall–Kier alpha value is -0.880. The summed E-state index contributed by atoms with van der Waals surface area (Å²) >= 11 is 0. The summed E-state index contributed by atoms with van der Waals surface area (Å²) in [7, 11) is 3.79. The lowest BCUT2D eigenvalue weighted by molar-refractivity contribution is -0.124. The highest BCUT2D eigenvalue weighted by Crippen LogP contribution is 2.20. The predicted molar refractivity (Wildman–Crippen MR) is 97.8 cm³/mol. The molecule has 1 unspecified atom stereocenters. The number of halogens is 3. The zero-order chi connectivity index (χ0) is 16.2. The van der Waals surface area contributed by atoms with Crippen molar-refractivity contribution in [3.8, 4) is 0 Å². The summed E-state index contributed by atoms with van der Waals surface area (Å²) in [4.78, 5) is 14.0. The molecule has 0 spiro atoms. The third-order valence-electron chi connectivity index (χ3n) is 3.54. The maximum absolute atomic E-state index is 13.3. The molecule has 0 radical (unpaired) electrons. The topological polar surface area (TPSA) is 58.4 Å². The van der Waals surface area contributed by atoms with Crippen molar-refractivity contribution < 1.29 is 9.18 Å². The normalized spacial score (nSPS) is 13.6. The van der Waals surface area contributed by atoms with Crippen LogP contribution in [0.1, 0.15) is 32.4 Å². The smallest absolute Gasteiger partial charge is 0.237 e. The van der Waals surface area contributed by atoms with Gasteiger partial charge >= 0.3 is 0 Å². The molecule has 134 valence electrons. The van der Waals surface area contributed by atoms with Crippen LogP contribution in [-0.2, 0) is 4.79 Å². The summed E-state index contributed by atoms with van der Waals surface area (Å²) in [6.45, 7) is 6.16. The van der Waals surface area contributed by atoms with Gasteiger partial charge in [0.1, 0.15) is 5.82 Å². The Labute approximate surface area is 150 Å². The second-order valence-corrected chi connectivity index (χ2v) is 6.62. The molecule has 2 atom stereocenters. The summed E-state index contributed by atoms with van der Waals surface area (Å²) in [5, 5.41) is 2.86. The summed E-state index contributed by atoms with van der Waals surface area (Å²) in [6, 6.07) is 5.74. The molecule has 0 aromatic heterocycles. The first kappa shape index (κ1) is 24.4. The van der Waals surface area contributed by atoms with Crippen molar-refractivity contribution in [2.45, 2.75) is 32.9 Å². The van der Waals surface area contributed by atoms with Gasteiger partial charge in [0.25, 0.3) is 0 Å². The number of carbonyl (C=O) groups excluding carboxylic acids is 1. The Morgan fingerprint density at radius 1 is 1.30 bits per heavy atom. The lowest BCUT2D eigenvalue weighted by Crippen LogP contribution is -2.50. The summed E-state index contributed by atoms with van der Waals surface area (Å²) in [5.41, 5.74) is 6.46. The van der Waals surface area contributed by atoms with Crippen LogP contribution < -0.4 is 11.1 Å². The minimum Gasteiger partial charge on any atom is -0.353 e. The highest BCUT2D eigenvalue weighted by molar-refractivity contribution is 5.85. The fourth-order valence-electron chi connectivity index (χ4n) is 2.01. The minimum absolute atomic E-state index is 0. The highest BCUT2D eigenvalue weighted by Gasteiger charge is 2.28. The van der Waals surface area contributed by atoms with Crippen LogP contribution in [0.3, 0.4) is 0 Å². The molecule has 7 heteroatoms. The van der Waals surface area contributed by atoms with Crippen molar-refractivity contribution in [3.63, 3.8) is 0 Å². The van der Waals surface area contributed by atoms with Gasteiger partial charge in [0.2, 0.25) is 5.91 Å².